The Morgan fingerprint density at radius 3 is 2.71 bits per heavy atom. The van der Waals surface area contributed by atoms with Gasteiger partial charge in [-0.15, -0.1) is 0 Å². The van der Waals surface area contributed by atoms with Crippen molar-refractivity contribution in [3.63, 3.8) is 0 Å². The van der Waals surface area contributed by atoms with Gasteiger partial charge in [0.25, 0.3) is 0 Å². The molecule has 1 saturated heterocycles. The zero-order chi connectivity index (χ0) is 15.7. The lowest BCUT2D eigenvalue weighted by Crippen LogP contribution is -2.37. The number of hydrogen-bond donors (Lipinski definition) is 2. The number of nitrogens with one attached hydrogen (secondary N) is 1. The average Bonchev–Trinajstić information content (AvgIpc) is 2.64. The minimum Gasteiger partial charge on any atom is -0.508 e. The standard InChI is InChI=1S/C15H21NO5/c1-10(17)16-12-6-5-11(18)7-13(12)19-8-15(4)9-20-14(2,3)21-15/h5-7,18H,8-9H2,1-4H3,(H,16,17). The number of hydrogen-bond acceptors (Lipinski definition) is 5. The molecule has 2 rings (SSSR count). The minimum atomic E-state index is -0.641. The van der Waals surface area contributed by atoms with Crippen molar-refractivity contribution in [1.29, 1.82) is 0 Å². The lowest BCUT2D eigenvalue weighted by molar-refractivity contribution is -0.162. The number of aromatic hydroxyl groups is 1. The van der Waals surface area contributed by atoms with Crippen LogP contribution >= 0.6 is 0 Å². The van der Waals surface area contributed by atoms with Crippen molar-refractivity contribution in [3.8, 4) is 11.5 Å². The maximum atomic E-state index is 11.2. The topological polar surface area (TPSA) is 77.0 Å². The van der Waals surface area contributed by atoms with E-state index in [0.717, 1.165) is 0 Å². The molecule has 1 heterocycles. The van der Waals surface area contributed by atoms with Crippen LogP contribution in [0.25, 0.3) is 0 Å². The Bertz CT molecular complexity index is 543. The van der Waals surface area contributed by atoms with Crippen molar-refractivity contribution in [1.82, 2.24) is 0 Å². The third-order valence-electron chi connectivity index (χ3n) is 3.03. The van der Waals surface area contributed by atoms with Gasteiger partial charge < -0.3 is 24.6 Å². The first-order chi connectivity index (χ1) is 9.69. The van der Waals surface area contributed by atoms with Crippen molar-refractivity contribution in [2.45, 2.75) is 39.1 Å². The van der Waals surface area contributed by atoms with E-state index in [-0.39, 0.29) is 18.3 Å². The Morgan fingerprint density at radius 1 is 1.43 bits per heavy atom. The van der Waals surface area contributed by atoms with Crippen LogP contribution in [0.15, 0.2) is 18.2 Å². The zero-order valence-electron chi connectivity index (χ0n) is 12.7. The lowest BCUT2D eigenvalue weighted by atomic mass is 10.1. The van der Waals surface area contributed by atoms with Gasteiger partial charge >= 0.3 is 0 Å². The van der Waals surface area contributed by atoms with Crippen molar-refractivity contribution in [2.24, 2.45) is 0 Å². The Kier molecular flexibility index (Phi) is 4.11. The van der Waals surface area contributed by atoms with Gasteiger partial charge in [-0.1, -0.05) is 0 Å². The fourth-order valence-electron chi connectivity index (χ4n) is 2.20. The smallest absolute Gasteiger partial charge is 0.221 e. The second-order valence-corrected chi connectivity index (χ2v) is 5.89. The summed E-state index contributed by atoms with van der Waals surface area (Å²) < 4.78 is 17.1. The third kappa shape index (κ3) is 4.09. The Morgan fingerprint density at radius 2 is 2.14 bits per heavy atom. The van der Waals surface area contributed by atoms with Crippen molar-refractivity contribution >= 4 is 11.6 Å². The van der Waals surface area contributed by atoms with E-state index in [1.165, 1.54) is 19.1 Å². The molecule has 1 amide bonds. The van der Waals surface area contributed by atoms with Gasteiger partial charge in [-0.25, -0.2) is 0 Å². The summed E-state index contributed by atoms with van der Waals surface area (Å²) >= 11 is 0. The molecule has 0 aliphatic carbocycles. The molecule has 6 nitrogen and oxygen atoms in total. The van der Waals surface area contributed by atoms with E-state index >= 15 is 0 Å². The van der Waals surface area contributed by atoms with E-state index in [0.29, 0.717) is 18.0 Å². The summed E-state index contributed by atoms with van der Waals surface area (Å²) in [7, 11) is 0. The second-order valence-electron chi connectivity index (χ2n) is 5.89. The Hall–Kier alpha value is -1.79. The highest BCUT2D eigenvalue weighted by Gasteiger charge is 2.42. The summed E-state index contributed by atoms with van der Waals surface area (Å²) in [6.07, 6.45) is 0. The molecule has 1 aromatic rings. The third-order valence-corrected chi connectivity index (χ3v) is 3.03. The Balaban J connectivity index is 2.09. The van der Waals surface area contributed by atoms with E-state index in [1.807, 2.05) is 20.8 Å². The highest BCUT2D eigenvalue weighted by atomic mass is 16.8. The van der Waals surface area contributed by atoms with Gasteiger partial charge in [0.1, 0.15) is 23.7 Å². The predicted molar refractivity (Wildman–Crippen MR) is 77.4 cm³/mol. The van der Waals surface area contributed by atoms with Crippen LogP contribution in [0.1, 0.15) is 27.7 Å². The summed E-state index contributed by atoms with van der Waals surface area (Å²) in [5, 5.41) is 12.2. The van der Waals surface area contributed by atoms with Gasteiger partial charge in [0, 0.05) is 13.0 Å². The van der Waals surface area contributed by atoms with E-state index in [4.69, 9.17) is 14.2 Å². The number of amides is 1. The van der Waals surface area contributed by atoms with E-state index < -0.39 is 11.4 Å². The zero-order valence-corrected chi connectivity index (χ0v) is 12.7. The van der Waals surface area contributed by atoms with Crippen LogP contribution in [-0.4, -0.2) is 35.6 Å². The number of benzene rings is 1. The molecule has 1 atom stereocenters. The van der Waals surface area contributed by atoms with Crippen molar-refractivity contribution in [2.75, 3.05) is 18.5 Å². The average molecular weight is 295 g/mol. The second kappa shape index (κ2) is 5.54. The first kappa shape index (κ1) is 15.6. The summed E-state index contributed by atoms with van der Waals surface area (Å²) in [5.41, 5.74) is -0.0790. The summed E-state index contributed by atoms with van der Waals surface area (Å²) in [6, 6.07) is 4.53. The number of carbonyl (C=O) groups excluding carboxylic acids is 1. The van der Waals surface area contributed by atoms with Crippen LogP contribution in [0, 0.1) is 0 Å². The first-order valence-corrected chi connectivity index (χ1v) is 6.77. The van der Waals surface area contributed by atoms with E-state index in [1.54, 1.807) is 6.07 Å². The molecule has 0 radical (unpaired) electrons. The van der Waals surface area contributed by atoms with E-state index in [2.05, 4.69) is 5.32 Å². The predicted octanol–water partition coefficient (Wildman–Crippen LogP) is 2.27. The van der Waals surface area contributed by atoms with Crippen LogP contribution < -0.4 is 10.1 Å². The highest BCUT2D eigenvalue weighted by Crippen LogP contribution is 2.33. The van der Waals surface area contributed by atoms with Crippen LogP contribution in [0.4, 0.5) is 5.69 Å². The van der Waals surface area contributed by atoms with Gasteiger partial charge in [0.2, 0.25) is 5.91 Å². The monoisotopic (exact) mass is 295 g/mol. The molecule has 1 aliphatic heterocycles. The molecule has 116 valence electrons. The van der Waals surface area contributed by atoms with E-state index in [9.17, 15) is 9.90 Å². The molecular weight excluding hydrogens is 274 g/mol. The summed E-state index contributed by atoms with van der Waals surface area (Å²) in [5.74, 6) is -0.400. The fourth-order valence-corrected chi connectivity index (χ4v) is 2.20. The molecule has 2 N–H and O–H groups in total. The Labute approximate surface area is 124 Å². The summed E-state index contributed by atoms with van der Waals surface area (Å²) in [6.45, 7) is 7.64. The maximum Gasteiger partial charge on any atom is 0.221 e. The van der Waals surface area contributed by atoms with Crippen LogP contribution in [0.5, 0.6) is 11.5 Å². The number of anilines is 1. The largest absolute Gasteiger partial charge is 0.508 e. The van der Waals surface area contributed by atoms with Gasteiger partial charge in [-0.05, 0) is 32.9 Å². The molecule has 1 aromatic carbocycles. The molecule has 6 heteroatoms. The molecule has 1 unspecified atom stereocenters. The van der Waals surface area contributed by atoms with Gasteiger partial charge in [-0.3, -0.25) is 4.79 Å². The molecule has 0 aromatic heterocycles. The molecular formula is C15H21NO5. The van der Waals surface area contributed by atoms with Gasteiger partial charge in [0.15, 0.2) is 5.79 Å². The van der Waals surface area contributed by atoms with Gasteiger partial charge in [0.05, 0.1) is 12.3 Å². The molecule has 0 saturated carbocycles. The fraction of sp³-hybridized carbons (Fsp3) is 0.533. The maximum absolute atomic E-state index is 11.2. The molecule has 0 bridgehead atoms. The number of phenols is 1. The normalized spacial score (nSPS) is 23.8. The molecule has 21 heavy (non-hydrogen) atoms. The van der Waals surface area contributed by atoms with Crippen molar-refractivity contribution < 1.29 is 24.1 Å². The SMILES string of the molecule is CC(=O)Nc1ccc(O)cc1OCC1(C)COC(C)(C)O1. The lowest BCUT2D eigenvalue weighted by Gasteiger charge is -2.25. The van der Waals surface area contributed by atoms with Crippen molar-refractivity contribution in [3.05, 3.63) is 18.2 Å². The highest BCUT2D eigenvalue weighted by molar-refractivity contribution is 5.90. The summed E-state index contributed by atoms with van der Waals surface area (Å²) in [4.78, 5) is 11.2. The molecule has 0 spiro atoms. The van der Waals surface area contributed by atoms with Crippen LogP contribution in [0.2, 0.25) is 0 Å². The number of phenolic OH excluding ortho intramolecular Hbond substituents is 1. The first-order valence-electron chi connectivity index (χ1n) is 6.77. The minimum absolute atomic E-state index is 0.0631. The van der Waals surface area contributed by atoms with Crippen LogP contribution in [-0.2, 0) is 14.3 Å². The number of carbonyl (C=O) groups is 1. The van der Waals surface area contributed by atoms with Gasteiger partial charge in [-0.2, -0.15) is 0 Å². The quantitative estimate of drug-likeness (QED) is 0.833. The molecule has 1 fully saturated rings. The molecule has 1 aliphatic rings. The number of rotatable bonds is 4. The number of ether oxygens (including phenoxy) is 3. The van der Waals surface area contributed by atoms with Crippen LogP contribution in [0.3, 0.4) is 0 Å².